The minimum Gasteiger partial charge on any atom is -0.487 e. The molecule has 8 heteroatoms. The molecule has 0 aliphatic carbocycles. The summed E-state index contributed by atoms with van der Waals surface area (Å²) in [6.45, 7) is 12.6. The number of hydrogen-bond donors (Lipinski definition) is 0. The van der Waals surface area contributed by atoms with Crippen LogP contribution in [0.1, 0.15) is 66.6 Å². The topological polar surface area (TPSA) is 82.4 Å². The first-order valence-electron chi connectivity index (χ1n) is 13.9. The number of hydrogen-bond acceptors (Lipinski definition) is 7. The van der Waals surface area contributed by atoms with Gasteiger partial charge in [0.1, 0.15) is 17.4 Å². The normalized spacial score (nSPS) is 16.7. The van der Waals surface area contributed by atoms with Crippen molar-refractivity contribution in [3.8, 4) is 5.75 Å². The zero-order valence-corrected chi connectivity index (χ0v) is 24.6. The van der Waals surface area contributed by atoms with Crippen LogP contribution in [-0.4, -0.2) is 50.6 Å². The molecule has 0 saturated heterocycles. The van der Waals surface area contributed by atoms with Crippen molar-refractivity contribution in [2.24, 2.45) is 12.5 Å². The van der Waals surface area contributed by atoms with Gasteiger partial charge in [-0.25, -0.2) is 4.68 Å². The summed E-state index contributed by atoms with van der Waals surface area (Å²) in [5.41, 5.74) is 7.51. The maximum atomic E-state index is 13.2. The first kappa shape index (κ1) is 27.8. The highest BCUT2D eigenvalue weighted by molar-refractivity contribution is 5.82. The second-order valence-electron chi connectivity index (χ2n) is 11.5. The van der Waals surface area contributed by atoms with E-state index in [1.165, 1.54) is 18.2 Å². The second-order valence-corrected chi connectivity index (χ2v) is 11.5. The molecule has 8 nitrogen and oxygen atoms in total. The van der Waals surface area contributed by atoms with E-state index in [1.54, 1.807) is 4.68 Å². The molecular formula is C32H39N5O3. The van der Waals surface area contributed by atoms with Gasteiger partial charge in [-0.2, -0.15) is 0 Å². The van der Waals surface area contributed by atoms with Gasteiger partial charge in [0.15, 0.2) is 0 Å². The predicted molar refractivity (Wildman–Crippen MR) is 155 cm³/mol. The van der Waals surface area contributed by atoms with Crippen molar-refractivity contribution in [2.75, 3.05) is 13.7 Å². The van der Waals surface area contributed by atoms with Crippen molar-refractivity contribution in [2.45, 2.75) is 66.2 Å². The number of pyridine rings is 1. The van der Waals surface area contributed by atoms with Gasteiger partial charge >= 0.3 is 5.97 Å². The Hall–Kier alpha value is -3.78. The quantitative estimate of drug-likeness (QED) is 0.286. The van der Waals surface area contributed by atoms with Crippen molar-refractivity contribution < 1.29 is 14.3 Å². The van der Waals surface area contributed by atoms with Crippen molar-refractivity contribution in [1.82, 2.24) is 24.9 Å². The lowest BCUT2D eigenvalue weighted by molar-refractivity contribution is -0.151. The van der Waals surface area contributed by atoms with Gasteiger partial charge in [-0.3, -0.25) is 14.7 Å². The van der Waals surface area contributed by atoms with Crippen molar-refractivity contribution in [1.29, 1.82) is 0 Å². The van der Waals surface area contributed by atoms with Crippen molar-refractivity contribution >= 4 is 17.0 Å². The molecule has 2 aromatic carbocycles. The predicted octanol–water partition coefficient (Wildman–Crippen LogP) is 5.48. The Balaban J connectivity index is 1.57. The summed E-state index contributed by atoms with van der Waals surface area (Å²) >= 11 is 0. The van der Waals surface area contributed by atoms with Gasteiger partial charge in [0.2, 0.25) is 0 Å². The Labute approximate surface area is 236 Å². The lowest BCUT2D eigenvalue weighted by Crippen LogP contribution is -2.34. The lowest BCUT2D eigenvalue weighted by atomic mass is 9.69. The molecule has 2 aromatic heterocycles. The van der Waals surface area contributed by atoms with Crippen LogP contribution in [0.4, 0.5) is 0 Å². The van der Waals surface area contributed by atoms with E-state index in [0.717, 1.165) is 65.2 Å². The third-order valence-corrected chi connectivity index (χ3v) is 8.36. The molecule has 4 aromatic rings. The van der Waals surface area contributed by atoms with E-state index < -0.39 is 5.41 Å². The number of carbonyl (C=O) groups is 1. The van der Waals surface area contributed by atoms with Crippen molar-refractivity contribution in [3.05, 3.63) is 82.2 Å². The molecule has 0 unspecified atom stereocenters. The summed E-state index contributed by atoms with van der Waals surface area (Å²) < 4.78 is 13.4. The molecule has 0 fully saturated rings. The smallest absolute Gasteiger partial charge is 0.312 e. The van der Waals surface area contributed by atoms with Gasteiger partial charge in [0.05, 0.1) is 23.7 Å². The summed E-state index contributed by atoms with van der Waals surface area (Å²) in [6, 6.07) is 14.7. The molecule has 0 N–H and O–H groups in total. The summed E-state index contributed by atoms with van der Waals surface area (Å²) in [5, 5.41) is 8.65. The van der Waals surface area contributed by atoms with E-state index in [1.807, 2.05) is 45.3 Å². The Morgan fingerprint density at radius 1 is 1.20 bits per heavy atom. The number of carbonyl (C=O) groups excluding carboxylic acids is 1. The third kappa shape index (κ3) is 5.08. The number of fused-ring (bicyclic) bond motifs is 2. The minimum atomic E-state index is -0.825. The standard InChI is InChI=1S/C32H39N5O3/c1-8-24-18-37(19-26-28(40-24)10-9-15-33-26)17-23-16-22(12-11-20(23)2)29(32(4,5)31(38)39-7)25-13-14-27-30(21(25)3)34-35-36(27)6/h9-16,24,29H,8,17-19H2,1-7H3/t24-,29+/m1/s1. The summed E-state index contributed by atoms with van der Waals surface area (Å²) in [6.07, 6.45) is 2.85. The van der Waals surface area contributed by atoms with Gasteiger partial charge in [-0.05, 0) is 80.1 Å². The zero-order chi connectivity index (χ0) is 28.6. The summed E-state index contributed by atoms with van der Waals surface area (Å²) in [4.78, 5) is 20.2. The molecule has 0 radical (unpaired) electrons. The monoisotopic (exact) mass is 541 g/mol. The summed E-state index contributed by atoms with van der Waals surface area (Å²) in [5.74, 6) is 0.373. The van der Waals surface area contributed by atoms with Gasteiger partial charge in [0.25, 0.3) is 0 Å². The fourth-order valence-electron chi connectivity index (χ4n) is 5.97. The number of esters is 1. The van der Waals surface area contributed by atoms with E-state index in [9.17, 15) is 4.79 Å². The van der Waals surface area contributed by atoms with Crippen LogP contribution in [0.3, 0.4) is 0 Å². The number of aryl methyl sites for hydroxylation is 3. The van der Waals surface area contributed by atoms with Gasteiger partial charge in [0, 0.05) is 38.8 Å². The fraction of sp³-hybridized carbons (Fsp3) is 0.438. The van der Waals surface area contributed by atoms with Gasteiger partial charge in [-0.15, -0.1) is 5.10 Å². The Bertz CT molecular complexity index is 1540. The number of aromatic nitrogens is 4. The number of nitrogens with zero attached hydrogens (tertiary/aromatic N) is 5. The molecule has 0 amide bonds. The number of ether oxygens (including phenoxy) is 2. The van der Waals surface area contributed by atoms with Crippen molar-refractivity contribution in [3.63, 3.8) is 0 Å². The maximum absolute atomic E-state index is 13.2. The lowest BCUT2D eigenvalue weighted by Gasteiger charge is -2.34. The average Bonchev–Trinajstić information content (AvgIpc) is 3.22. The van der Waals surface area contributed by atoms with Crippen LogP contribution in [-0.2, 0) is 29.7 Å². The molecule has 1 aliphatic heterocycles. The molecule has 0 saturated carbocycles. The average molecular weight is 542 g/mol. The van der Waals surface area contributed by atoms with E-state index in [-0.39, 0.29) is 18.0 Å². The SMILES string of the molecule is CC[C@@H]1CN(Cc2cc([C@@H](c3ccc4c(nnn4C)c3C)C(C)(C)C(=O)OC)ccc2C)Cc2ncccc2O1. The first-order chi connectivity index (χ1) is 19.1. The van der Waals surface area contributed by atoms with Gasteiger partial charge < -0.3 is 9.47 Å². The Kier molecular flexibility index (Phi) is 7.64. The zero-order valence-electron chi connectivity index (χ0n) is 24.6. The highest BCUT2D eigenvalue weighted by Crippen LogP contribution is 2.44. The molecule has 5 rings (SSSR count). The number of rotatable bonds is 7. The van der Waals surface area contributed by atoms with Crippen LogP contribution >= 0.6 is 0 Å². The number of methoxy groups -OCH3 is 1. The Morgan fingerprint density at radius 3 is 2.75 bits per heavy atom. The van der Waals surface area contributed by atoms with E-state index >= 15 is 0 Å². The minimum absolute atomic E-state index is 0.0984. The van der Waals surface area contributed by atoms with E-state index in [4.69, 9.17) is 9.47 Å². The van der Waals surface area contributed by atoms with E-state index in [2.05, 4.69) is 65.2 Å². The van der Waals surface area contributed by atoms with Crippen LogP contribution in [0.15, 0.2) is 48.7 Å². The molecule has 0 spiro atoms. The highest BCUT2D eigenvalue weighted by Gasteiger charge is 2.41. The largest absolute Gasteiger partial charge is 0.487 e. The Morgan fingerprint density at radius 2 is 2.00 bits per heavy atom. The molecule has 3 heterocycles. The van der Waals surface area contributed by atoms with Crippen LogP contribution in [0.5, 0.6) is 5.75 Å². The summed E-state index contributed by atoms with van der Waals surface area (Å²) in [7, 11) is 3.35. The molecule has 2 atom stereocenters. The van der Waals surface area contributed by atoms with Crippen LogP contribution < -0.4 is 4.74 Å². The molecule has 210 valence electrons. The maximum Gasteiger partial charge on any atom is 0.312 e. The third-order valence-electron chi connectivity index (χ3n) is 8.36. The van der Waals surface area contributed by atoms with Crippen LogP contribution in [0.25, 0.3) is 11.0 Å². The van der Waals surface area contributed by atoms with Crippen LogP contribution in [0, 0.1) is 19.3 Å². The van der Waals surface area contributed by atoms with Gasteiger partial charge in [-0.1, -0.05) is 36.4 Å². The molecule has 0 bridgehead atoms. The number of benzene rings is 2. The molecule has 40 heavy (non-hydrogen) atoms. The second kappa shape index (κ2) is 11.0. The molecule has 1 aliphatic rings. The van der Waals surface area contributed by atoms with Crippen LogP contribution in [0.2, 0.25) is 0 Å². The first-order valence-corrected chi connectivity index (χ1v) is 13.9. The fourth-order valence-corrected chi connectivity index (χ4v) is 5.97. The highest BCUT2D eigenvalue weighted by atomic mass is 16.5. The van der Waals surface area contributed by atoms with E-state index in [0.29, 0.717) is 0 Å². The molecular weight excluding hydrogens is 502 g/mol.